The van der Waals surface area contributed by atoms with Gasteiger partial charge in [-0.1, -0.05) is 25.1 Å². The second-order valence-electron chi connectivity index (χ2n) is 9.75. The van der Waals surface area contributed by atoms with Crippen molar-refractivity contribution < 1.29 is 9.47 Å². The van der Waals surface area contributed by atoms with E-state index >= 15 is 0 Å². The van der Waals surface area contributed by atoms with Crippen LogP contribution in [0.15, 0.2) is 54.6 Å². The number of rotatable bonds is 8. The summed E-state index contributed by atoms with van der Waals surface area (Å²) in [7, 11) is 0. The number of nitriles is 1. The molecule has 1 saturated heterocycles. The number of fused-ring (bicyclic) bond motifs is 2. The van der Waals surface area contributed by atoms with Crippen LogP contribution in [0.25, 0.3) is 32.9 Å². The first-order valence-electron chi connectivity index (χ1n) is 13.0. The first-order chi connectivity index (χ1) is 17.6. The van der Waals surface area contributed by atoms with Crippen LogP contribution in [-0.2, 0) is 4.74 Å². The number of hydrogen-bond donors (Lipinski definition) is 0. The molecule has 5 rings (SSSR count). The summed E-state index contributed by atoms with van der Waals surface area (Å²) < 4.78 is 14.1. The average molecular weight is 483 g/mol. The van der Waals surface area contributed by atoms with E-state index in [0.29, 0.717) is 18.2 Å². The van der Waals surface area contributed by atoms with Crippen molar-refractivity contribution in [3.63, 3.8) is 0 Å². The van der Waals surface area contributed by atoms with Gasteiger partial charge in [-0.05, 0) is 86.8 Å². The Labute approximate surface area is 213 Å². The Kier molecular flexibility index (Phi) is 7.22. The fraction of sp³-hybridized carbons (Fsp3) is 0.400. The molecule has 36 heavy (non-hydrogen) atoms. The maximum atomic E-state index is 9.50. The molecule has 6 nitrogen and oxygen atoms in total. The molecule has 1 aliphatic heterocycles. The average Bonchev–Trinajstić information content (AvgIpc) is 3.30. The van der Waals surface area contributed by atoms with Crippen molar-refractivity contribution in [2.75, 3.05) is 26.3 Å². The molecule has 0 N–H and O–H groups in total. The van der Waals surface area contributed by atoms with E-state index in [1.54, 1.807) is 0 Å². The van der Waals surface area contributed by atoms with Crippen LogP contribution < -0.4 is 4.74 Å². The Morgan fingerprint density at radius 3 is 2.69 bits per heavy atom. The van der Waals surface area contributed by atoms with Gasteiger partial charge in [-0.2, -0.15) is 10.4 Å². The third kappa shape index (κ3) is 4.95. The van der Waals surface area contributed by atoms with Gasteiger partial charge in [0.15, 0.2) is 6.23 Å². The summed E-state index contributed by atoms with van der Waals surface area (Å²) in [6.45, 7) is 9.98. The van der Waals surface area contributed by atoms with Crippen molar-refractivity contribution in [3.8, 4) is 23.1 Å². The Morgan fingerprint density at radius 2 is 1.94 bits per heavy atom. The van der Waals surface area contributed by atoms with E-state index < -0.39 is 0 Å². The van der Waals surface area contributed by atoms with Crippen molar-refractivity contribution in [2.45, 2.75) is 52.3 Å². The van der Waals surface area contributed by atoms with Crippen molar-refractivity contribution in [3.05, 3.63) is 60.2 Å². The molecule has 0 bridgehead atoms. The zero-order valence-electron chi connectivity index (χ0n) is 21.4. The van der Waals surface area contributed by atoms with Crippen molar-refractivity contribution in [1.82, 2.24) is 14.7 Å². The predicted molar refractivity (Wildman–Crippen MR) is 144 cm³/mol. The lowest BCUT2D eigenvalue weighted by Crippen LogP contribution is -2.34. The number of ether oxygens (including phenoxy) is 2. The Bertz CT molecular complexity index is 1400. The van der Waals surface area contributed by atoms with Crippen LogP contribution in [-0.4, -0.2) is 47.0 Å². The van der Waals surface area contributed by atoms with Gasteiger partial charge in [-0.15, -0.1) is 0 Å². The summed E-state index contributed by atoms with van der Waals surface area (Å²) >= 11 is 0. The zero-order valence-corrected chi connectivity index (χ0v) is 21.4. The largest absolute Gasteiger partial charge is 0.492 e. The van der Waals surface area contributed by atoms with Gasteiger partial charge >= 0.3 is 0 Å². The molecule has 1 fully saturated rings. The Hall–Kier alpha value is -3.40. The number of aromatic nitrogens is 2. The molecule has 1 unspecified atom stereocenters. The quantitative estimate of drug-likeness (QED) is 0.285. The lowest BCUT2D eigenvalue weighted by Gasteiger charge is -2.24. The zero-order chi connectivity index (χ0) is 25.1. The molecule has 2 heterocycles. The molecule has 3 aromatic carbocycles. The minimum atomic E-state index is -0.0672. The number of likely N-dealkylation sites (N-methyl/N-ethyl adjacent to an activating group) is 1. The molecule has 0 amide bonds. The maximum absolute atomic E-state index is 9.50. The third-order valence-electron chi connectivity index (χ3n) is 7.13. The smallest absolute Gasteiger partial charge is 0.150 e. The molecule has 186 valence electrons. The molecule has 0 saturated carbocycles. The van der Waals surface area contributed by atoms with Crippen molar-refractivity contribution in [1.29, 1.82) is 5.26 Å². The molecular formula is C30H34N4O2. The van der Waals surface area contributed by atoms with Crippen LogP contribution in [0.5, 0.6) is 5.75 Å². The highest BCUT2D eigenvalue weighted by Crippen LogP contribution is 2.35. The van der Waals surface area contributed by atoms with E-state index in [0.717, 1.165) is 77.6 Å². The van der Waals surface area contributed by atoms with E-state index in [9.17, 15) is 5.26 Å². The van der Waals surface area contributed by atoms with Crippen LogP contribution in [0.3, 0.4) is 0 Å². The molecule has 0 spiro atoms. The highest BCUT2D eigenvalue weighted by Gasteiger charge is 2.22. The van der Waals surface area contributed by atoms with E-state index in [-0.39, 0.29) is 6.23 Å². The van der Waals surface area contributed by atoms with E-state index in [1.807, 2.05) is 28.9 Å². The van der Waals surface area contributed by atoms with Gasteiger partial charge in [0.1, 0.15) is 18.1 Å². The van der Waals surface area contributed by atoms with Gasteiger partial charge in [0.05, 0.1) is 17.1 Å². The number of benzene rings is 3. The first-order valence-corrected chi connectivity index (χ1v) is 13.0. The molecule has 1 aromatic heterocycles. The molecule has 0 aliphatic carbocycles. The first kappa shape index (κ1) is 24.3. The molecule has 1 atom stereocenters. The Morgan fingerprint density at radius 1 is 1.11 bits per heavy atom. The second-order valence-corrected chi connectivity index (χ2v) is 9.75. The van der Waals surface area contributed by atoms with E-state index in [4.69, 9.17) is 14.6 Å². The van der Waals surface area contributed by atoms with Crippen molar-refractivity contribution in [2.24, 2.45) is 0 Å². The van der Waals surface area contributed by atoms with Gasteiger partial charge in [-0.3, -0.25) is 4.90 Å². The summed E-state index contributed by atoms with van der Waals surface area (Å²) in [5.41, 5.74) is 3.55. The molecule has 4 aromatic rings. The number of nitrogens with zero attached hydrogens (tertiary/aromatic N) is 4. The van der Waals surface area contributed by atoms with Gasteiger partial charge in [0, 0.05) is 30.1 Å². The van der Waals surface area contributed by atoms with Crippen LogP contribution in [0.4, 0.5) is 0 Å². The highest BCUT2D eigenvalue weighted by atomic mass is 16.5. The van der Waals surface area contributed by atoms with Gasteiger partial charge < -0.3 is 9.47 Å². The normalized spacial score (nSPS) is 16.2. The minimum Gasteiger partial charge on any atom is -0.492 e. The minimum absolute atomic E-state index is 0.0672. The monoisotopic (exact) mass is 482 g/mol. The van der Waals surface area contributed by atoms with Gasteiger partial charge in [-0.25, -0.2) is 4.68 Å². The van der Waals surface area contributed by atoms with Gasteiger partial charge in [0.25, 0.3) is 0 Å². The summed E-state index contributed by atoms with van der Waals surface area (Å²) in [5, 5.41) is 17.8. The molecular weight excluding hydrogens is 448 g/mol. The van der Waals surface area contributed by atoms with E-state index in [2.05, 4.69) is 62.1 Å². The lowest BCUT2D eigenvalue weighted by atomic mass is 10.0. The van der Waals surface area contributed by atoms with Gasteiger partial charge in [0.2, 0.25) is 0 Å². The fourth-order valence-corrected chi connectivity index (χ4v) is 5.08. The van der Waals surface area contributed by atoms with Crippen LogP contribution in [0.2, 0.25) is 0 Å². The van der Waals surface area contributed by atoms with Crippen molar-refractivity contribution >= 4 is 21.7 Å². The highest BCUT2D eigenvalue weighted by molar-refractivity contribution is 5.97. The van der Waals surface area contributed by atoms with E-state index in [1.165, 1.54) is 0 Å². The summed E-state index contributed by atoms with van der Waals surface area (Å²) in [4.78, 5) is 2.40. The lowest BCUT2D eigenvalue weighted by molar-refractivity contribution is -0.0365. The predicted octanol–water partition coefficient (Wildman–Crippen LogP) is 6.54. The van der Waals surface area contributed by atoms with Crippen LogP contribution in [0, 0.1) is 11.3 Å². The third-order valence-corrected chi connectivity index (χ3v) is 7.13. The topological polar surface area (TPSA) is 63.3 Å². The fourth-order valence-electron chi connectivity index (χ4n) is 5.08. The van der Waals surface area contributed by atoms with Crippen LogP contribution in [0.1, 0.15) is 51.8 Å². The summed E-state index contributed by atoms with van der Waals surface area (Å²) in [6.07, 6.45) is 3.10. The maximum Gasteiger partial charge on any atom is 0.150 e. The van der Waals surface area contributed by atoms with Crippen LogP contribution >= 0.6 is 0 Å². The SMILES string of the molecule is CCN(CCOc1ccc2cc(-c3nn(C4CCCCO4)c4ccc(C#N)cc34)ccc2c1)C(C)C. The Balaban J connectivity index is 1.44. The summed E-state index contributed by atoms with van der Waals surface area (Å²) in [6, 6.07) is 21.2. The number of hydrogen-bond acceptors (Lipinski definition) is 5. The second kappa shape index (κ2) is 10.7. The summed E-state index contributed by atoms with van der Waals surface area (Å²) in [5.74, 6) is 0.887. The standard InChI is InChI=1S/C30H34N4O2/c1-4-33(21(2)3)14-16-35-26-12-11-23-18-25(10-9-24(23)19-26)30-27-17-22(20-31)8-13-28(27)34(32-30)29-7-5-6-15-36-29/h8-13,17-19,21,29H,4-7,14-16H2,1-3H3. The molecule has 1 aliphatic rings. The molecule has 6 heteroatoms. The molecule has 0 radical (unpaired) electrons.